The number of phenols is 2. The van der Waals surface area contributed by atoms with Crippen molar-refractivity contribution in [3.63, 3.8) is 0 Å². The van der Waals surface area contributed by atoms with Crippen LogP contribution in [0.2, 0.25) is 0 Å². The summed E-state index contributed by atoms with van der Waals surface area (Å²) in [5, 5.41) is 19.6. The van der Waals surface area contributed by atoms with Crippen LogP contribution < -0.4 is 0 Å². The zero-order chi connectivity index (χ0) is 19.4. The molecule has 4 rings (SSSR count). The lowest BCUT2D eigenvalue weighted by Gasteiger charge is -2.36. The minimum Gasteiger partial charge on any atom is -0.504 e. The molecule has 0 aromatic heterocycles. The molecule has 2 N–H and O–H groups in total. The highest BCUT2D eigenvalue weighted by molar-refractivity contribution is 7.87. The number of ketones is 2. The molecule has 8 heteroatoms. The molecule has 0 unspecified atom stereocenters. The van der Waals surface area contributed by atoms with Gasteiger partial charge in [-0.2, -0.15) is 8.42 Å². The van der Waals surface area contributed by atoms with Gasteiger partial charge in [-0.15, -0.1) is 0 Å². The van der Waals surface area contributed by atoms with Crippen LogP contribution in [0, 0.1) is 5.92 Å². The summed E-state index contributed by atoms with van der Waals surface area (Å²) in [6, 6.07) is 9.98. The Morgan fingerprint density at radius 3 is 2.48 bits per heavy atom. The second kappa shape index (κ2) is 5.77. The van der Waals surface area contributed by atoms with Gasteiger partial charge in [-0.3, -0.25) is 9.59 Å². The van der Waals surface area contributed by atoms with Gasteiger partial charge >= 0.3 is 0 Å². The van der Waals surface area contributed by atoms with Crippen molar-refractivity contribution in [3.05, 3.63) is 65.7 Å². The Kier molecular flexibility index (Phi) is 3.72. The van der Waals surface area contributed by atoms with Crippen molar-refractivity contribution in [2.24, 2.45) is 5.92 Å². The molecule has 2 aliphatic rings. The van der Waals surface area contributed by atoms with Gasteiger partial charge < -0.3 is 10.2 Å². The molecular weight excluding hydrogens is 372 g/mol. The van der Waals surface area contributed by atoms with Crippen molar-refractivity contribution >= 4 is 21.7 Å². The standard InChI is InChI=1S/C19H14O7S/c20-14-7-5-11(9-16(14)22)19(12-6-8-15(21)17(23)10-12)13-3-1-2-4-18(13)27(24,25)26-19/h1-9,12,20,22H,10H2/t12-,19-/m0/s1. The lowest BCUT2D eigenvalue weighted by Crippen LogP contribution is -2.39. The molecule has 0 saturated heterocycles. The third-order valence-electron chi connectivity index (χ3n) is 4.88. The van der Waals surface area contributed by atoms with E-state index in [9.17, 15) is 28.2 Å². The van der Waals surface area contributed by atoms with Crippen LogP contribution in [0.25, 0.3) is 0 Å². The Morgan fingerprint density at radius 1 is 1.04 bits per heavy atom. The molecule has 2 atom stereocenters. The number of fused-ring (bicyclic) bond motifs is 1. The molecule has 1 aliphatic carbocycles. The average Bonchev–Trinajstić information content (AvgIpc) is 2.89. The lowest BCUT2D eigenvalue weighted by atomic mass is 9.72. The zero-order valence-electron chi connectivity index (χ0n) is 13.8. The van der Waals surface area contributed by atoms with Crippen LogP contribution in [0.1, 0.15) is 17.5 Å². The van der Waals surface area contributed by atoms with E-state index >= 15 is 0 Å². The van der Waals surface area contributed by atoms with Crippen molar-refractivity contribution in [3.8, 4) is 11.5 Å². The molecule has 0 fully saturated rings. The van der Waals surface area contributed by atoms with E-state index in [0.29, 0.717) is 5.56 Å². The van der Waals surface area contributed by atoms with Crippen molar-refractivity contribution in [1.82, 2.24) is 0 Å². The van der Waals surface area contributed by atoms with Crippen molar-refractivity contribution in [1.29, 1.82) is 0 Å². The fourth-order valence-corrected chi connectivity index (χ4v) is 5.11. The third-order valence-corrected chi connectivity index (χ3v) is 6.26. The molecule has 2 aromatic carbocycles. The van der Waals surface area contributed by atoms with Crippen LogP contribution in [0.15, 0.2) is 59.5 Å². The molecule has 27 heavy (non-hydrogen) atoms. The van der Waals surface area contributed by atoms with Gasteiger partial charge in [-0.1, -0.05) is 30.3 Å². The summed E-state index contributed by atoms with van der Waals surface area (Å²) in [5.41, 5.74) is -1.11. The maximum atomic E-state index is 12.7. The first kappa shape index (κ1) is 17.4. The molecule has 0 bridgehead atoms. The second-order valence-corrected chi connectivity index (χ2v) is 7.94. The predicted octanol–water partition coefficient (Wildman–Crippen LogP) is 1.77. The fraction of sp³-hybridized carbons (Fsp3) is 0.158. The van der Waals surface area contributed by atoms with Crippen LogP contribution in [0.3, 0.4) is 0 Å². The molecule has 1 heterocycles. The minimum atomic E-state index is -4.14. The van der Waals surface area contributed by atoms with E-state index in [1.54, 1.807) is 18.2 Å². The Bertz CT molecular complexity index is 1120. The smallest absolute Gasteiger partial charge is 0.298 e. The highest BCUT2D eigenvalue weighted by Gasteiger charge is 2.55. The highest BCUT2D eigenvalue weighted by Crippen LogP contribution is 2.53. The van der Waals surface area contributed by atoms with Gasteiger partial charge in [0.25, 0.3) is 10.1 Å². The van der Waals surface area contributed by atoms with E-state index in [1.807, 2.05) is 0 Å². The number of carbonyl (C=O) groups excluding carboxylic acids is 2. The predicted molar refractivity (Wildman–Crippen MR) is 92.5 cm³/mol. The summed E-state index contributed by atoms with van der Waals surface area (Å²) in [4.78, 5) is 23.6. The van der Waals surface area contributed by atoms with E-state index in [0.717, 1.165) is 6.08 Å². The molecule has 138 valence electrons. The third kappa shape index (κ3) is 2.48. The van der Waals surface area contributed by atoms with E-state index in [1.165, 1.54) is 30.3 Å². The number of hydrogen-bond donors (Lipinski definition) is 2. The molecule has 2 aromatic rings. The molecule has 0 radical (unpaired) electrons. The maximum Gasteiger partial charge on any atom is 0.298 e. The van der Waals surface area contributed by atoms with Gasteiger partial charge in [-0.05, 0) is 29.8 Å². The largest absolute Gasteiger partial charge is 0.504 e. The van der Waals surface area contributed by atoms with E-state index in [-0.39, 0.29) is 22.6 Å². The Balaban J connectivity index is 2.03. The van der Waals surface area contributed by atoms with Crippen LogP contribution in [0.4, 0.5) is 0 Å². The first-order chi connectivity index (χ1) is 12.8. The molecule has 0 spiro atoms. The van der Waals surface area contributed by atoms with Crippen LogP contribution >= 0.6 is 0 Å². The monoisotopic (exact) mass is 386 g/mol. The summed E-state index contributed by atoms with van der Waals surface area (Å²) in [5.74, 6) is -2.96. The van der Waals surface area contributed by atoms with Crippen molar-refractivity contribution in [2.45, 2.75) is 16.9 Å². The van der Waals surface area contributed by atoms with Crippen LogP contribution in [-0.4, -0.2) is 30.2 Å². The number of rotatable bonds is 2. The number of Topliss-reactive ketones (excluding diaryl/α,β-unsaturated/α-hetero) is 1. The van der Waals surface area contributed by atoms with Crippen LogP contribution in [0.5, 0.6) is 11.5 Å². The SMILES string of the molecule is O=C1C=C[C@H]([C@]2(c3ccc(O)c(O)c3)OS(=O)(=O)c3ccccc32)CC1=O. The zero-order valence-corrected chi connectivity index (χ0v) is 14.6. The van der Waals surface area contributed by atoms with Crippen LogP contribution in [-0.2, 0) is 29.5 Å². The number of carbonyl (C=O) groups is 2. The van der Waals surface area contributed by atoms with E-state index in [2.05, 4.69) is 0 Å². The van der Waals surface area contributed by atoms with Crippen molar-refractivity contribution < 1.29 is 32.4 Å². The Labute approximate surface area is 154 Å². The van der Waals surface area contributed by atoms with Gasteiger partial charge in [-0.25, -0.2) is 4.18 Å². The highest BCUT2D eigenvalue weighted by atomic mass is 32.2. The number of allylic oxidation sites excluding steroid dienone is 1. The lowest BCUT2D eigenvalue weighted by molar-refractivity contribution is -0.135. The van der Waals surface area contributed by atoms with Crippen molar-refractivity contribution in [2.75, 3.05) is 0 Å². The summed E-state index contributed by atoms with van der Waals surface area (Å²) in [6.07, 6.45) is 2.31. The topological polar surface area (TPSA) is 118 Å². The number of phenolic OH excluding ortho intramolecular Hbond substituents is 2. The number of hydrogen-bond acceptors (Lipinski definition) is 7. The summed E-state index contributed by atoms with van der Waals surface area (Å²) < 4.78 is 30.9. The van der Waals surface area contributed by atoms with E-state index < -0.39 is 39.0 Å². The second-order valence-electron chi connectivity index (χ2n) is 6.43. The van der Waals surface area contributed by atoms with Gasteiger partial charge in [0.2, 0.25) is 11.6 Å². The molecule has 7 nitrogen and oxygen atoms in total. The summed E-state index contributed by atoms with van der Waals surface area (Å²) in [7, 11) is -4.14. The number of aromatic hydroxyl groups is 2. The van der Waals surface area contributed by atoms with Gasteiger partial charge in [0.1, 0.15) is 10.5 Å². The number of benzene rings is 2. The fourth-order valence-electron chi connectivity index (χ4n) is 3.63. The van der Waals surface area contributed by atoms with Gasteiger partial charge in [0.05, 0.1) is 0 Å². The summed E-state index contributed by atoms with van der Waals surface area (Å²) >= 11 is 0. The molecule has 0 amide bonds. The average molecular weight is 386 g/mol. The minimum absolute atomic E-state index is 0.0460. The van der Waals surface area contributed by atoms with Gasteiger partial charge in [0, 0.05) is 17.9 Å². The molecular formula is C19H14O7S. The van der Waals surface area contributed by atoms with E-state index in [4.69, 9.17) is 4.18 Å². The maximum absolute atomic E-state index is 12.7. The molecule has 0 saturated carbocycles. The first-order valence-electron chi connectivity index (χ1n) is 8.08. The Hall–Kier alpha value is -2.97. The quantitative estimate of drug-likeness (QED) is 0.459. The molecule has 1 aliphatic heterocycles. The summed E-state index contributed by atoms with van der Waals surface area (Å²) in [6.45, 7) is 0. The normalized spacial score (nSPS) is 26.1. The van der Waals surface area contributed by atoms with Gasteiger partial charge in [0.15, 0.2) is 11.5 Å². The Morgan fingerprint density at radius 2 is 1.78 bits per heavy atom. The first-order valence-corrected chi connectivity index (χ1v) is 9.49.